The lowest BCUT2D eigenvalue weighted by atomic mass is 9.93. The maximum absolute atomic E-state index is 13.3. The summed E-state index contributed by atoms with van der Waals surface area (Å²) in [7, 11) is 9.49. The van der Waals surface area contributed by atoms with E-state index in [1.807, 2.05) is 66.7 Å². The predicted octanol–water partition coefficient (Wildman–Crippen LogP) is 8.05. The number of primary amides is 1. The highest BCUT2D eigenvalue weighted by molar-refractivity contribution is 5.93. The van der Waals surface area contributed by atoms with Gasteiger partial charge in [0.15, 0.2) is 23.0 Å². The average molecular weight is 1160 g/mol. The Balaban J connectivity index is 0.000000204. The van der Waals surface area contributed by atoms with Crippen molar-refractivity contribution in [1.29, 1.82) is 0 Å². The molecule has 2 saturated heterocycles. The van der Waals surface area contributed by atoms with Crippen molar-refractivity contribution in [3.63, 3.8) is 0 Å². The number of esters is 2. The summed E-state index contributed by atoms with van der Waals surface area (Å²) in [6.45, 7) is 10.9. The number of carbonyl (C=O) groups excluding carboxylic acids is 5. The van der Waals surface area contributed by atoms with Gasteiger partial charge in [-0.15, -0.1) is 0 Å². The summed E-state index contributed by atoms with van der Waals surface area (Å²) in [6.07, 6.45) is 2.57. The van der Waals surface area contributed by atoms with Gasteiger partial charge in [-0.25, -0.2) is 14.4 Å². The minimum atomic E-state index is -0.487. The van der Waals surface area contributed by atoms with Crippen molar-refractivity contribution in [3.8, 4) is 68.2 Å². The van der Waals surface area contributed by atoms with Gasteiger partial charge in [-0.3, -0.25) is 19.4 Å². The number of urea groups is 1. The second-order valence-electron chi connectivity index (χ2n) is 21.2. The Kier molecular flexibility index (Phi) is 19.8. The minimum absolute atomic E-state index is 0.141. The molecule has 4 amide bonds. The zero-order chi connectivity index (χ0) is 60.3. The Hall–Kier alpha value is -8.85. The molecule has 2 heterocycles. The SMILES string of the molecule is COc1cc2c(c(OC)c1OC)-c1ccc(OC(=O)c3cccc(CN4CCN(C(N)=O)CC4)c3)cc1[C@@H](NC(C)=O)CC2.COc1cc2c(c(OC)c1OC)-c1ccc(OC(=O)c3cccc(CN4CCNCC4)c3)cc1[C@@H](NC(C)=O)CC2. The van der Waals surface area contributed by atoms with Crippen LogP contribution in [0.15, 0.2) is 97.1 Å². The molecule has 20 nitrogen and oxygen atoms in total. The molecule has 10 rings (SSSR count). The molecule has 0 spiro atoms. The van der Waals surface area contributed by atoms with Gasteiger partial charge in [-0.1, -0.05) is 36.4 Å². The van der Waals surface area contributed by atoms with Crippen LogP contribution in [-0.2, 0) is 35.5 Å². The van der Waals surface area contributed by atoms with Gasteiger partial charge in [0, 0.05) is 90.4 Å². The van der Waals surface area contributed by atoms with E-state index in [1.54, 1.807) is 77.9 Å². The van der Waals surface area contributed by atoms with Gasteiger partial charge in [0.2, 0.25) is 23.3 Å². The highest BCUT2D eigenvalue weighted by Crippen LogP contribution is 2.53. The van der Waals surface area contributed by atoms with Crippen LogP contribution in [-0.4, -0.2) is 140 Å². The van der Waals surface area contributed by atoms with Crippen LogP contribution in [0.25, 0.3) is 22.3 Å². The lowest BCUT2D eigenvalue weighted by molar-refractivity contribution is -0.120. The van der Waals surface area contributed by atoms with Gasteiger partial charge in [-0.05, 0) is 131 Å². The van der Waals surface area contributed by atoms with Gasteiger partial charge >= 0.3 is 18.0 Å². The monoisotopic (exact) mass is 1160 g/mol. The van der Waals surface area contributed by atoms with Gasteiger partial charge in [-0.2, -0.15) is 0 Å². The van der Waals surface area contributed by atoms with E-state index in [-0.39, 0.29) is 23.9 Å². The molecule has 6 aromatic rings. The number of nitrogens with zero attached hydrogens (tertiary/aromatic N) is 3. The van der Waals surface area contributed by atoms with Crippen molar-refractivity contribution in [3.05, 3.63) is 142 Å². The topological polar surface area (TPSA) is 231 Å². The Labute approximate surface area is 495 Å². The number of rotatable bonds is 16. The zero-order valence-electron chi connectivity index (χ0n) is 49.5. The van der Waals surface area contributed by atoms with E-state index in [2.05, 4.69) is 25.8 Å². The Bertz CT molecular complexity index is 3450. The molecular weight excluding hydrogens is 1090 g/mol. The van der Waals surface area contributed by atoms with Crippen molar-refractivity contribution in [2.75, 3.05) is 95.0 Å². The number of ether oxygens (including phenoxy) is 8. The van der Waals surface area contributed by atoms with E-state index in [0.717, 1.165) is 88.4 Å². The number of fused-ring (bicyclic) bond motifs is 6. The maximum Gasteiger partial charge on any atom is 0.343 e. The van der Waals surface area contributed by atoms with Crippen LogP contribution in [0.4, 0.5) is 4.79 Å². The number of hydrogen-bond acceptors (Lipinski definition) is 16. The highest BCUT2D eigenvalue weighted by atomic mass is 16.5. The quantitative estimate of drug-likeness (QED) is 0.0531. The summed E-state index contributed by atoms with van der Waals surface area (Å²) < 4.78 is 45.9. The molecule has 2 fully saturated rings. The first kappa shape index (κ1) is 60.7. The largest absolute Gasteiger partial charge is 0.493 e. The molecule has 4 aliphatic rings. The normalized spacial score (nSPS) is 16.4. The minimum Gasteiger partial charge on any atom is -0.493 e. The fourth-order valence-corrected chi connectivity index (χ4v) is 11.8. The van der Waals surface area contributed by atoms with Crippen LogP contribution in [0.2, 0.25) is 0 Å². The molecule has 0 aromatic heterocycles. The molecule has 85 heavy (non-hydrogen) atoms. The Morgan fingerprint density at radius 3 is 1.33 bits per heavy atom. The highest BCUT2D eigenvalue weighted by Gasteiger charge is 2.32. The second-order valence-corrected chi connectivity index (χ2v) is 21.2. The van der Waals surface area contributed by atoms with Crippen molar-refractivity contribution < 1.29 is 61.9 Å². The van der Waals surface area contributed by atoms with E-state index in [9.17, 15) is 24.0 Å². The van der Waals surface area contributed by atoms with Crippen LogP contribution in [0.5, 0.6) is 46.0 Å². The predicted molar refractivity (Wildman–Crippen MR) is 320 cm³/mol. The first-order chi connectivity index (χ1) is 41.1. The number of benzene rings is 6. The number of nitrogens with one attached hydrogen (secondary N) is 3. The Morgan fingerprint density at radius 2 is 0.941 bits per heavy atom. The number of aryl methyl sites for hydroxylation is 2. The van der Waals surface area contributed by atoms with E-state index in [0.29, 0.717) is 116 Å². The Morgan fingerprint density at radius 1 is 0.518 bits per heavy atom. The molecule has 0 saturated carbocycles. The van der Waals surface area contributed by atoms with E-state index < -0.39 is 18.0 Å². The standard InChI is InChI=1S/C33H38N4O7.C32H37N3O6/c1-20(38)35-27-11-8-22-17-28(41-2)30(42-3)31(43-4)29(22)25-10-9-24(18-26(25)27)44-32(39)23-7-5-6-21(16-23)19-36-12-14-37(15-13-36)33(34)40;1-20(36)34-27-11-8-22-17-28(38-2)30(39-3)31(40-4)29(22)25-10-9-24(18-26(25)27)41-32(37)23-7-5-6-21(16-23)19-35-14-12-33-13-15-35/h5-7,9-10,16-18,27H,8,11-15,19H2,1-4H3,(H2,34,40)(H,35,38);5-7,9-10,16-18,27,33H,8,11-15,19H2,1-4H3,(H,34,36)/t2*27-/m00/s1. The number of hydrogen-bond donors (Lipinski definition) is 4. The van der Waals surface area contributed by atoms with E-state index in [1.165, 1.54) is 13.8 Å². The third kappa shape index (κ3) is 14.1. The molecule has 6 aromatic carbocycles. The van der Waals surface area contributed by atoms with Gasteiger partial charge < -0.3 is 64.5 Å². The summed E-state index contributed by atoms with van der Waals surface area (Å²) in [6, 6.07) is 28.8. The molecule has 5 N–H and O–H groups in total. The molecule has 2 atom stereocenters. The van der Waals surface area contributed by atoms with Crippen LogP contribution >= 0.6 is 0 Å². The van der Waals surface area contributed by atoms with Crippen molar-refractivity contribution >= 4 is 29.8 Å². The van der Waals surface area contributed by atoms with Crippen molar-refractivity contribution in [2.45, 2.75) is 64.7 Å². The molecule has 0 radical (unpaired) electrons. The molecule has 0 unspecified atom stereocenters. The number of amides is 4. The second kappa shape index (κ2) is 27.7. The average Bonchev–Trinajstić information content (AvgIpc) is 2.27. The smallest absolute Gasteiger partial charge is 0.343 e. The molecule has 2 aliphatic heterocycles. The molecule has 448 valence electrons. The number of nitrogens with two attached hydrogens (primary N) is 1. The van der Waals surface area contributed by atoms with Crippen LogP contribution < -0.4 is 59.6 Å². The van der Waals surface area contributed by atoms with Gasteiger partial charge in [0.25, 0.3) is 0 Å². The number of piperazine rings is 2. The summed E-state index contributed by atoms with van der Waals surface area (Å²) in [4.78, 5) is 68.6. The zero-order valence-corrected chi connectivity index (χ0v) is 49.5. The lowest BCUT2D eigenvalue weighted by Crippen LogP contribution is -2.50. The van der Waals surface area contributed by atoms with Crippen LogP contribution in [0, 0.1) is 0 Å². The molecule has 20 heteroatoms. The van der Waals surface area contributed by atoms with Crippen molar-refractivity contribution in [1.82, 2.24) is 30.7 Å². The lowest BCUT2D eigenvalue weighted by Gasteiger charge is -2.33. The summed E-state index contributed by atoms with van der Waals surface area (Å²) in [5.74, 6) is 2.73. The fraction of sp³-hybridized carbons (Fsp3) is 0.369. The van der Waals surface area contributed by atoms with E-state index in [4.69, 9.17) is 43.6 Å². The summed E-state index contributed by atoms with van der Waals surface area (Å²) >= 11 is 0. The van der Waals surface area contributed by atoms with Crippen molar-refractivity contribution in [2.24, 2.45) is 5.73 Å². The first-order valence-corrected chi connectivity index (χ1v) is 28.4. The number of carbonyl (C=O) groups is 5. The summed E-state index contributed by atoms with van der Waals surface area (Å²) in [5.41, 5.74) is 15.4. The fourth-order valence-electron chi connectivity index (χ4n) is 11.8. The molecule has 0 bridgehead atoms. The van der Waals surface area contributed by atoms with E-state index >= 15 is 0 Å². The van der Waals surface area contributed by atoms with Crippen LogP contribution in [0.3, 0.4) is 0 Å². The third-order valence-electron chi connectivity index (χ3n) is 15.8. The van der Waals surface area contributed by atoms with Crippen LogP contribution in [0.1, 0.15) is 92.9 Å². The molecule has 2 aliphatic carbocycles. The maximum atomic E-state index is 13.3. The van der Waals surface area contributed by atoms with Gasteiger partial charge in [0.05, 0.1) is 65.9 Å². The number of methoxy groups -OCH3 is 6. The van der Waals surface area contributed by atoms with Gasteiger partial charge in [0.1, 0.15) is 11.5 Å². The summed E-state index contributed by atoms with van der Waals surface area (Å²) in [5, 5.41) is 9.49. The first-order valence-electron chi connectivity index (χ1n) is 28.4. The molecular formula is C65H75N7O13. The third-order valence-corrected chi connectivity index (χ3v) is 15.8.